The number of hydrogen-bond donors (Lipinski definition) is 1. The highest BCUT2D eigenvalue weighted by Crippen LogP contribution is 2.13. The van der Waals surface area contributed by atoms with Crippen molar-refractivity contribution in [3.05, 3.63) is 29.3 Å². The van der Waals surface area contributed by atoms with Crippen molar-refractivity contribution in [1.29, 1.82) is 0 Å². The van der Waals surface area contributed by atoms with Crippen LogP contribution in [-0.2, 0) is 10.0 Å². The molecule has 0 radical (unpaired) electrons. The molecule has 0 aromatic heterocycles. The molecule has 2 amide bonds. The lowest BCUT2D eigenvalue weighted by atomic mass is 10.4. The van der Waals surface area contributed by atoms with E-state index in [4.69, 9.17) is 11.6 Å². The molecule has 0 atom stereocenters. The summed E-state index contributed by atoms with van der Waals surface area (Å²) in [6.45, 7) is 4.44. The van der Waals surface area contributed by atoms with E-state index in [2.05, 4.69) is 0 Å². The Bertz CT molecular complexity index is 510. The minimum atomic E-state index is -3.84. The fourth-order valence-electron chi connectivity index (χ4n) is 1.36. The van der Waals surface area contributed by atoms with Gasteiger partial charge in [-0.3, -0.25) is 0 Å². The van der Waals surface area contributed by atoms with Gasteiger partial charge in [0.1, 0.15) is 0 Å². The molecule has 1 N–H and O–H groups in total. The van der Waals surface area contributed by atoms with E-state index in [0.717, 1.165) is 0 Å². The summed E-state index contributed by atoms with van der Waals surface area (Å²) in [5.74, 6) is 0. The highest BCUT2D eigenvalue weighted by Gasteiger charge is 2.20. The van der Waals surface area contributed by atoms with Crippen molar-refractivity contribution in [2.75, 3.05) is 13.1 Å². The normalized spacial score (nSPS) is 11.1. The predicted molar refractivity (Wildman–Crippen MR) is 70.1 cm³/mol. The lowest BCUT2D eigenvalue weighted by Crippen LogP contribution is -2.42. The van der Waals surface area contributed by atoms with Crippen molar-refractivity contribution in [1.82, 2.24) is 9.62 Å². The zero-order valence-electron chi connectivity index (χ0n) is 10.2. The average Bonchev–Trinajstić information content (AvgIpc) is 2.30. The van der Waals surface area contributed by atoms with Gasteiger partial charge in [-0.15, -0.1) is 0 Å². The van der Waals surface area contributed by atoms with Crippen molar-refractivity contribution in [2.45, 2.75) is 18.7 Å². The molecule has 1 aromatic rings. The molecule has 0 bridgehead atoms. The summed E-state index contributed by atoms with van der Waals surface area (Å²) in [6, 6.07) is 4.98. The standard InChI is InChI=1S/C11H15ClN2O3S/c1-3-14(4-2)11(15)13-18(16,17)10-7-5-9(12)6-8-10/h5-8H,3-4H2,1-2H3,(H,13,15). The number of sulfonamides is 1. The summed E-state index contributed by atoms with van der Waals surface area (Å²) in [5, 5.41) is 0.434. The van der Waals surface area contributed by atoms with Gasteiger partial charge >= 0.3 is 6.03 Å². The van der Waals surface area contributed by atoms with E-state index >= 15 is 0 Å². The Labute approximate surface area is 112 Å². The maximum Gasteiger partial charge on any atom is 0.331 e. The van der Waals surface area contributed by atoms with Gasteiger partial charge in [0.2, 0.25) is 0 Å². The fraction of sp³-hybridized carbons (Fsp3) is 0.364. The third kappa shape index (κ3) is 3.61. The zero-order chi connectivity index (χ0) is 13.8. The molecule has 18 heavy (non-hydrogen) atoms. The van der Waals surface area contributed by atoms with Crippen molar-refractivity contribution in [2.24, 2.45) is 0 Å². The number of benzene rings is 1. The van der Waals surface area contributed by atoms with Crippen LogP contribution in [0.1, 0.15) is 13.8 Å². The summed E-state index contributed by atoms with van der Waals surface area (Å²) in [4.78, 5) is 13.1. The van der Waals surface area contributed by atoms with Gasteiger partial charge in [0.25, 0.3) is 10.0 Å². The smallest absolute Gasteiger partial charge is 0.325 e. The minimum Gasteiger partial charge on any atom is -0.325 e. The van der Waals surface area contributed by atoms with Crippen LogP contribution >= 0.6 is 11.6 Å². The van der Waals surface area contributed by atoms with Gasteiger partial charge in [-0.1, -0.05) is 11.6 Å². The van der Waals surface area contributed by atoms with Gasteiger partial charge in [-0.2, -0.15) is 0 Å². The number of rotatable bonds is 4. The van der Waals surface area contributed by atoms with E-state index < -0.39 is 16.1 Å². The summed E-state index contributed by atoms with van der Waals surface area (Å²) in [6.07, 6.45) is 0. The second-order valence-electron chi connectivity index (χ2n) is 3.54. The maximum absolute atomic E-state index is 11.9. The topological polar surface area (TPSA) is 66.5 Å². The van der Waals surface area contributed by atoms with Gasteiger partial charge in [-0.05, 0) is 38.1 Å². The first-order valence-corrected chi connectivity index (χ1v) is 7.34. The number of carbonyl (C=O) groups is 1. The lowest BCUT2D eigenvalue weighted by molar-refractivity contribution is 0.209. The molecule has 0 aliphatic rings. The number of carbonyl (C=O) groups excluding carboxylic acids is 1. The van der Waals surface area contributed by atoms with Crippen LogP contribution < -0.4 is 4.72 Å². The van der Waals surface area contributed by atoms with Crippen LogP contribution in [0, 0.1) is 0 Å². The van der Waals surface area contributed by atoms with Crippen molar-refractivity contribution in [3.8, 4) is 0 Å². The van der Waals surface area contributed by atoms with Crippen molar-refractivity contribution in [3.63, 3.8) is 0 Å². The van der Waals surface area contributed by atoms with Crippen molar-refractivity contribution >= 4 is 27.7 Å². The quantitative estimate of drug-likeness (QED) is 0.923. The Kier molecular flexibility index (Phi) is 4.98. The molecule has 5 nitrogen and oxygen atoms in total. The molecule has 1 rings (SSSR count). The highest BCUT2D eigenvalue weighted by atomic mass is 35.5. The number of nitrogens with one attached hydrogen (secondary N) is 1. The third-order valence-electron chi connectivity index (χ3n) is 2.40. The molecule has 0 saturated heterocycles. The van der Waals surface area contributed by atoms with E-state index in [1.54, 1.807) is 13.8 Å². The van der Waals surface area contributed by atoms with Crippen LogP contribution in [0.2, 0.25) is 5.02 Å². The minimum absolute atomic E-state index is 0.00686. The fourth-order valence-corrected chi connectivity index (χ4v) is 2.46. The van der Waals surface area contributed by atoms with E-state index in [9.17, 15) is 13.2 Å². The van der Waals surface area contributed by atoms with Gasteiger partial charge in [-0.25, -0.2) is 17.9 Å². The van der Waals surface area contributed by atoms with Gasteiger partial charge < -0.3 is 4.90 Å². The lowest BCUT2D eigenvalue weighted by Gasteiger charge is -2.19. The second kappa shape index (κ2) is 6.06. The first-order chi connectivity index (χ1) is 8.40. The average molecular weight is 291 g/mol. The maximum atomic E-state index is 11.9. The van der Waals surface area contributed by atoms with Crippen LogP contribution in [-0.4, -0.2) is 32.4 Å². The highest BCUT2D eigenvalue weighted by molar-refractivity contribution is 7.90. The Hall–Kier alpha value is -1.27. The largest absolute Gasteiger partial charge is 0.331 e. The Morgan fingerprint density at radius 2 is 1.72 bits per heavy atom. The SMILES string of the molecule is CCN(CC)C(=O)NS(=O)(=O)c1ccc(Cl)cc1. The monoisotopic (exact) mass is 290 g/mol. The third-order valence-corrected chi connectivity index (χ3v) is 3.98. The first kappa shape index (κ1) is 14.8. The van der Waals surface area contributed by atoms with Gasteiger partial charge in [0.05, 0.1) is 4.90 Å². The molecule has 0 aliphatic carbocycles. The van der Waals surface area contributed by atoms with Crippen LogP contribution in [0.4, 0.5) is 4.79 Å². The molecule has 0 unspecified atom stereocenters. The molecular weight excluding hydrogens is 276 g/mol. The van der Waals surface area contributed by atoms with Crippen LogP contribution in [0.15, 0.2) is 29.2 Å². The molecule has 0 fully saturated rings. The van der Waals surface area contributed by atoms with Gasteiger partial charge in [0.15, 0.2) is 0 Å². The van der Waals surface area contributed by atoms with E-state index in [0.29, 0.717) is 18.1 Å². The van der Waals surface area contributed by atoms with E-state index in [1.807, 2.05) is 4.72 Å². The zero-order valence-corrected chi connectivity index (χ0v) is 11.8. The Balaban J connectivity index is 2.89. The molecule has 1 aromatic carbocycles. The number of nitrogens with zero attached hydrogens (tertiary/aromatic N) is 1. The van der Waals surface area contributed by atoms with Crippen LogP contribution in [0.25, 0.3) is 0 Å². The molecule has 100 valence electrons. The summed E-state index contributed by atoms with van der Waals surface area (Å²) < 4.78 is 25.8. The molecule has 7 heteroatoms. The molecule has 0 saturated carbocycles. The van der Waals surface area contributed by atoms with Crippen molar-refractivity contribution < 1.29 is 13.2 Å². The Morgan fingerprint density at radius 3 is 2.17 bits per heavy atom. The number of urea groups is 1. The molecule has 0 aliphatic heterocycles. The summed E-state index contributed by atoms with van der Waals surface area (Å²) in [5.41, 5.74) is 0. The number of hydrogen-bond acceptors (Lipinski definition) is 3. The van der Waals surface area contributed by atoms with Crippen LogP contribution in [0.5, 0.6) is 0 Å². The first-order valence-electron chi connectivity index (χ1n) is 5.48. The number of halogens is 1. The number of amides is 2. The second-order valence-corrected chi connectivity index (χ2v) is 5.66. The molecule has 0 spiro atoms. The summed E-state index contributed by atoms with van der Waals surface area (Å²) >= 11 is 5.67. The Morgan fingerprint density at radius 1 is 1.22 bits per heavy atom. The molecular formula is C11H15ClN2O3S. The molecule has 0 heterocycles. The summed E-state index contributed by atoms with van der Waals surface area (Å²) in [7, 11) is -3.84. The predicted octanol–water partition coefficient (Wildman–Crippen LogP) is 2.08. The van der Waals surface area contributed by atoms with E-state index in [-0.39, 0.29) is 4.90 Å². The van der Waals surface area contributed by atoms with E-state index in [1.165, 1.54) is 29.2 Å². The van der Waals surface area contributed by atoms with Crippen LogP contribution in [0.3, 0.4) is 0 Å². The van der Waals surface area contributed by atoms with Gasteiger partial charge in [0, 0.05) is 18.1 Å².